The number of benzene rings is 2. The second-order valence-electron chi connectivity index (χ2n) is 6.00. The Morgan fingerprint density at radius 3 is 2.56 bits per heavy atom. The first-order valence-electron chi connectivity index (χ1n) is 8.82. The standard InChI is InChI=1S/C20H24N4O3/c1-2-3-11-22-20(27)14-7-6-8-15(12-14)23-13-18(25)24-17-10-5-4-9-16(17)19(21)26/h4-10,12,23H,2-3,11,13H2,1H3,(H2,21,26)(H,22,27)(H,24,25). The van der Waals surface area contributed by atoms with Crippen molar-refractivity contribution in [1.82, 2.24) is 5.32 Å². The highest BCUT2D eigenvalue weighted by molar-refractivity contribution is 6.03. The summed E-state index contributed by atoms with van der Waals surface area (Å²) in [6.45, 7) is 2.67. The van der Waals surface area contributed by atoms with Crippen LogP contribution in [0.2, 0.25) is 0 Å². The smallest absolute Gasteiger partial charge is 0.251 e. The van der Waals surface area contributed by atoms with Crippen LogP contribution >= 0.6 is 0 Å². The van der Waals surface area contributed by atoms with Crippen LogP contribution < -0.4 is 21.7 Å². The molecule has 0 fully saturated rings. The molecule has 0 unspecified atom stereocenters. The van der Waals surface area contributed by atoms with Crippen molar-refractivity contribution in [2.45, 2.75) is 19.8 Å². The maximum absolute atomic E-state index is 12.1. The van der Waals surface area contributed by atoms with Crippen molar-refractivity contribution in [2.75, 3.05) is 23.7 Å². The van der Waals surface area contributed by atoms with Crippen molar-refractivity contribution in [2.24, 2.45) is 5.73 Å². The molecule has 0 heterocycles. The molecule has 0 aliphatic carbocycles. The third-order valence-corrected chi connectivity index (χ3v) is 3.86. The third-order valence-electron chi connectivity index (χ3n) is 3.86. The van der Waals surface area contributed by atoms with E-state index in [2.05, 4.69) is 22.9 Å². The first-order chi connectivity index (χ1) is 13.0. The van der Waals surface area contributed by atoms with E-state index in [1.807, 2.05) is 0 Å². The summed E-state index contributed by atoms with van der Waals surface area (Å²) in [4.78, 5) is 35.6. The Balaban J connectivity index is 1.93. The summed E-state index contributed by atoms with van der Waals surface area (Å²) in [5, 5.41) is 8.47. The predicted octanol–water partition coefficient (Wildman–Crippen LogP) is 2.37. The summed E-state index contributed by atoms with van der Waals surface area (Å²) in [7, 11) is 0. The topological polar surface area (TPSA) is 113 Å². The SMILES string of the molecule is CCCCNC(=O)c1cccc(NCC(=O)Nc2ccccc2C(N)=O)c1. The highest BCUT2D eigenvalue weighted by atomic mass is 16.2. The first kappa shape index (κ1) is 20.0. The van der Waals surface area contributed by atoms with Crippen LogP contribution in [0.25, 0.3) is 0 Å². The summed E-state index contributed by atoms with van der Waals surface area (Å²) >= 11 is 0. The van der Waals surface area contributed by atoms with Crippen LogP contribution in [-0.2, 0) is 4.79 Å². The molecule has 0 saturated heterocycles. The van der Waals surface area contributed by atoms with Crippen LogP contribution in [0.3, 0.4) is 0 Å². The highest BCUT2D eigenvalue weighted by Crippen LogP contribution is 2.14. The van der Waals surface area contributed by atoms with E-state index in [1.54, 1.807) is 48.5 Å². The maximum Gasteiger partial charge on any atom is 0.251 e. The van der Waals surface area contributed by atoms with Gasteiger partial charge in [-0.3, -0.25) is 14.4 Å². The fourth-order valence-corrected chi connectivity index (χ4v) is 2.43. The summed E-state index contributed by atoms with van der Waals surface area (Å²) < 4.78 is 0. The molecule has 0 bridgehead atoms. The van der Waals surface area contributed by atoms with Gasteiger partial charge in [0.1, 0.15) is 0 Å². The van der Waals surface area contributed by atoms with Gasteiger partial charge in [0.25, 0.3) is 11.8 Å². The van der Waals surface area contributed by atoms with Gasteiger partial charge in [-0.15, -0.1) is 0 Å². The van der Waals surface area contributed by atoms with E-state index >= 15 is 0 Å². The molecule has 0 spiro atoms. The Hall–Kier alpha value is -3.35. The maximum atomic E-state index is 12.1. The number of amides is 3. The molecule has 142 valence electrons. The highest BCUT2D eigenvalue weighted by Gasteiger charge is 2.10. The van der Waals surface area contributed by atoms with Crippen molar-refractivity contribution >= 4 is 29.1 Å². The van der Waals surface area contributed by atoms with E-state index in [-0.39, 0.29) is 23.9 Å². The Labute approximate surface area is 158 Å². The predicted molar refractivity (Wildman–Crippen MR) is 106 cm³/mol. The van der Waals surface area contributed by atoms with E-state index in [0.29, 0.717) is 23.5 Å². The quantitative estimate of drug-likeness (QED) is 0.509. The van der Waals surface area contributed by atoms with E-state index in [0.717, 1.165) is 12.8 Å². The number of hydrogen-bond acceptors (Lipinski definition) is 4. The van der Waals surface area contributed by atoms with Crippen molar-refractivity contribution in [3.05, 3.63) is 59.7 Å². The van der Waals surface area contributed by atoms with Gasteiger partial charge in [0.05, 0.1) is 17.8 Å². The van der Waals surface area contributed by atoms with Gasteiger partial charge in [-0.05, 0) is 36.8 Å². The molecule has 7 heteroatoms. The zero-order valence-corrected chi connectivity index (χ0v) is 15.2. The average Bonchev–Trinajstić information content (AvgIpc) is 2.67. The minimum absolute atomic E-state index is 0.0198. The molecule has 2 aromatic rings. The summed E-state index contributed by atoms with van der Waals surface area (Å²) in [5.74, 6) is -1.09. The lowest BCUT2D eigenvalue weighted by molar-refractivity contribution is -0.114. The van der Waals surface area contributed by atoms with Gasteiger partial charge < -0.3 is 21.7 Å². The molecule has 0 atom stereocenters. The summed E-state index contributed by atoms with van der Waals surface area (Å²) in [6, 6.07) is 13.5. The molecule has 3 amide bonds. The molecule has 2 rings (SSSR count). The normalized spacial score (nSPS) is 10.1. The molecule has 0 aliphatic rings. The van der Waals surface area contributed by atoms with Gasteiger partial charge in [-0.2, -0.15) is 0 Å². The van der Waals surface area contributed by atoms with Crippen LogP contribution in [0.4, 0.5) is 11.4 Å². The molecule has 7 nitrogen and oxygen atoms in total. The fourth-order valence-electron chi connectivity index (χ4n) is 2.43. The molecule has 0 aromatic heterocycles. The Morgan fingerprint density at radius 1 is 1.04 bits per heavy atom. The number of rotatable bonds is 9. The molecule has 27 heavy (non-hydrogen) atoms. The van der Waals surface area contributed by atoms with Crippen molar-refractivity contribution < 1.29 is 14.4 Å². The largest absolute Gasteiger partial charge is 0.376 e. The van der Waals surface area contributed by atoms with Crippen LogP contribution in [0, 0.1) is 0 Å². The Bertz CT molecular complexity index is 820. The van der Waals surface area contributed by atoms with E-state index < -0.39 is 5.91 Å². The molecule has 5 N–H and O–H groups in total. The second-order valence-corrected chi connectivity index (χ2v) is 6.00. The van der Waals surface area contributed by atoms with Crippen LogP contribution in [0.1, 0.15) is 40.5 Å². The van der Waals surface area contributed by atoms with E-state index in [9.17, 15) is 14.4 Å². The number of primary amides is 1. The van der Waals surface area contributed by atoms with Crippen molar-refractivity contribution in [3.8, 4) is 0 Å². The first-order valence-corrected chi connectivity index (χ1v) is 8.82. The lowest BCUT2D eigenvalue weighted by Crippen LogP contribution is -2.25. The molecule has 0 radical (unpaired) electrons. The number of carbonyl (C=O) groups excluding carboxylic acids is 3. The van der Waals surface area contributed by atoms with Gasteiger partial charge in [-0.1, -0.05) is 31.5 Å². The third kappa shape index (κ3) is 6.14. The van der Waals surface area contributed by atoms with Gasteiger partial charge in [0.2, 0.25) is 5.91 Å². The molecule has 0 aliphatic heterocycles. The van der Waals surface area contributed by atoms with Gasteiger partial charge in [-0.25, -0.2) is 0 Å². The van der Waals surface area contributed by atoms with Gasteiger partial charge in [0, 0.05) is 17.8 Å². The Kier molecular flexibility index (Phi) is 7.37. The average molecular weight is 368 g/mol. The molecular weight excluding hydrogens is 344 g/mol. The van der Waals surface area contributed by atoms with Crippen molar-refractivity contribution in [1.29, 1.82) is 0 Å². The zero-order valence-electron chi connectivity index (χ0n) is 15.2. The van der Waals surface area contributed by atoms with Crippen LogP contribution in [0.15, 0.2) is 48.5 Å². The number of carbonyl (C=O) groups is 3. The monoisotopic (exact) mass is 368 g/mol. The zero-order chi connectivity index (χ0) is 19.6. The Morgan fingerprint density at radius 2 is 1.81 bits per heavy atom. The number of unbranched alkanes of at least 4 members (excludes halogenated alkanes) is 1. The summed E-state index contributed by atoms with van der Waals surface area (Å²) in [6.07, 6.45) is 1.94. The molecular formula is C20H24N4O3. The summed E-state index contributed by atoms with van der Waals surface area (Å²) in [5.41, 5.74) is 7.08. The minimum Gasteiger partial charge on any atom is -0.376 e. The number of nitrogens with two attached hydrogens (primary N) is 1. The van der Waals surface area contributed by atoms with Crippen LogP contribution in [-0.4, -0.2) is 30.8 Å². The minimum atomic E-state index is -0.611. The van der Waals surface area contributed by atoms with E-state index in [4.69, 9.17) is 5.73 Å². The van der Waals surface area contributed by atoms with Gasteiger partial charge in [0.15, 0.2) is 0 Å². The van der Waals surface area contributed by atoms with Crippen LogP contribution in [0.5, 0.6) is 0 Å². The number of hydrogen-bond donors (Lipinski definition) is 4. The second kappa shape index (κ2) is 9.96. The molecule has 2 aromatic carbocycles. The van der Waals surface area contributed by atoms with Gasteiger partial charge >= 0.3 is 0 Å². The molecule has 0 saturated carbocycles. The number of nitrogens with one attached hydrogen (secondary N) is 3. The lowest BCUT2D eigenvalue weighted by atomic mass is 10.1. The van der Waals surface area contributed by atoms with Crippen molar-refractivity contribution in [3.63, 3.8) is 0 Å². The fraction of sp³-hybridized carbons (Fsp3) is 0.250. The number of para-hydroxylation sites is 1. The van der Waals surface area contributed by atoms with E-state index in [1.165, 1.54) is 0 Å². The lowest BCUT2D eigenvalue weighted by Gasteiger charge is -2.11. The number of anilines is 2.